The zero-order valence-corrected chi connectivity index (χ0v) is 15.4. The maximum atomic E-state index is 11.9. The molecule has 0 aliphatic heterocycles. The second-order valence-electron chi connectivity index (χ2n) is 6.13. The van der Waals surface area contributed by atoms with Gasteiger partial charge in [-0.3, -0.25) is 14.9 Å². The number of ether oxygens (including phenoxy) is 1. The Balaban J connectivity index is 1.71. The average molecular weight is 364 g/mol. The molecule has 1 aromatic carbocycles. The van der Waals surface area contributed by atoms with Gasteiger partial charge in [0.1, 0.15) is 0 Å². The first-order valence-electron chi connectivity index (χ1n) is 8.45. The van der Waals surface area contributed by atoms with Gasteiger partial charge in [0, 0.05) is 10.9 Å². The number of hydrogen-bond donors (Lipinski definition) is 2. The molecule has 136 valence electrons. The molecule has 1 aliphatic rings. The van der Waals surface area contributed by atoms with Crippen molar-refractivity contribution in [2.45, 2.75) is 56.6 Å². The molecule has 1 aliphatic carbocycles. The molecule has 6 nitrogen and oxygen atoms in total. The Hall–Kier alpha value is -2.02. The molecule has 0 aromatic heterocycles. The molecule has 1 atom stereocenters. The summed E-state index contributed by atoms with van der Waals surface area (Å²) in [4.78, 5) is 36.6. The average Bonchev–Trinajstić information content (AvgIpc) is 3.06. The van der Waals surface area contributed by atoms with Crippen molar-refractivity contribution in [3.63, 3.8) is 0 Å². The third kappa shape index (κ3) is 6.42. The topological polar surface area (TPSA) is 84.5 Å². The summed E-state index contributed by atoms with van der Waals surface area (Å²) in [5, 5.41) is 4.98. The molecule has 0 saturated heterocycles. The maximum Gasteiger partial charge on any atom is 0.321 e. The lowest BCUT2D eigenvalue weighted by Crippen LogP contribution is -2.47. The van der Waals surface area contributed by atoms with Gasteiger partial charge in [-0.25, -0.2) is 4.79 Å². The van der Waals surface area contributed by atoms with E-state index in [1.54, 1.807) is 0 Å². The van der Waals surface area contributed by atoms with Crippen LogP contribution in [0.1, 0.15) is 38.2 Å². The fourth-order valence-electron chi connectivity index (χ4n) is 2.64. The first-order chi connectivity index (χ1) is 12.0. The number of carbonyl (C=O) groups is 3. The molecule has 1 saturated carbocycles. The summed E-state index contributed by atoms with van der Waals surface area (Å²) >= 11 is 1.36. The van der Waals surface area contributed by atoms with Gasteiger partial charge in [-0.2, -0.15) is 0 Å². The van der Waals surface area contributed by atoms with Crippen LogP contribution in [-0.4, -0.2) is 35.8 Å². The lowest BCUT2D eigenvalue weighted by molar-refractivity contribution is -0.151. The Morgan fingerprint density at radius 2 is 1.92 bits per heavy atom. The normalized spacial score (nSPS) is 15.4. The summed E-state index contributed by atoms with van der Waals surface area (Å²) in [5.41, 5.74) is 1.08. The van der Waals surface area contributed by atoms with Crippen LogP contribution in [0.25, 0.3) is 0 Å². The SMILES string of the molecule is Cc1ccccc1SCC(=O)O[C@H](C)C(=O)NC(=O)NC1CCCC1. The van der Waals surface area contributed by atoms with Gasteiger partial charge < -0.3 is 10.1 Å². The maximum absolute atomic E-state index is 11.9. The van der Waals surface area contributed by atoms with Crippen LogP contribution >= 0.6 is 11.8 Å². The van der Waals surface area contributed by atoms with Crippen LogP contribution in [0.15, 0.2) is 29.2 Å². The number of urea groups is 1. The molecule has 7 heteroatoms. The summed E-state index contributed by atoms with van der Waals surface area (Å²) < 4.78 is 5.09. The van der Waals surface area contributed by atoms with E-state index in [-0.39, 0.29) is 11.8 Å². The molecule has 0 spiro atoms. The number of amides is 3. The van der Waals surface area contributed by atoms with Gasteiger partial charge in [0.15, 0.2) is 6.10 Å². The van der Waals surface area contributed by atoms with Gasteiger partial charge in [-0.15, -0.1) is 11.8 Å². The van der Waals surface area contributed by atoms with E-state index in [1.165, 1.54) is 18.7 Å². The van der Waals surface area contributed by atoms with Crippen molar-refractivity contribution in [2.24, 2.45) is 0 Å². The van der Waals surface area contributed by atoms with E-state index in [9.17, 15) is 14.4 Å². The summed E-state index contributed by atoms with van der Waals surface area (Å²) in [7, 11) is 0. The van der Waals surface area contributed by atoms with Crippen molar-refractivity contribution < 1.29 is 19.1 Å². The number of hydrogen-bond acceptors (Lipinski definition) is 5. The Bertz CT molecular complexity index is 629. The Labute approximate surface area is 152 Å². The lowest BCUT2D eigenvalue weighted by Gasteiger charge is -2.15. The first-order valence-corrected chi connectivity index (χ1v) is 9.43. The van der Waals surface area contributed by atoms with Crippen molar-refractivity contribution in [2.75, 3.05) is 5.75 Å². The smallest absolute Gasteiger partial charge is 0.321 e. The highest BCUT2D eigenvalue weighted by Crippen LogP contribution is 2.22. The summed E-state index contributed by atoms with van der Waals surface area (Å²) in [6.07, 6.45) is 3.03. The van der Waals surface area contributed by atoms with Gasteiger partial charge in [0.05, 0.1) is 5.75 Å². The van der Waals surface area contributed by atoms with Crippen LogP contribution < -0.4 is 10.6 Å². The molecule has 1 aromatic rings. The zero-order valence-electron chi connectivity index (χ0n) is 14.5. The van der Waals surface area contributed by atoms with E-state index in [1.807, 2.05) is 31.2 Å². The zero-order chi connectivity index (χ0) is 18.2. The Kier molecular flexibility index (Phi) is 7.31. The summed E-state index contributed by atoms with van der Waals surface area (Å²) in [5.74, 6) is -1.01. The van der Waals surface area contributed by atoms with E-state index >= 15 is 0 Å². The van der Waals surface area contributed by atoms with Gasteiger partial charge in [-0.05, 0) is 38.3 Å². The number of carbonyl (C=O) groups excluding carboxylic acids is 3. The highest BCUT2D eigenvalue weighted by Gasteiger charge is 2.22. The largest absolute Gasteiger partial charge is 0.452 e. The van der Waals surface area contributed by atoms with Gasteiger partial charge >= 0.3 is 12.0 Å². The van der Waals surface area contributed by atoms with Gasteiger partial charge in [0.25, 0.3) is 5.91 Å². The van der Waals surface area contributed by atoms with Crippen LogP contribution in [0.3, 0.4) is 0 Å². The van der Waals surface area contributed by atoms with E-state index < -0.39 is 24.0 Å². The number of nitrogens with one attached hydrogen (secondary N) is 2. The van der Waals surface area contributed by atoms with Crippen molar-refractivity contribution in [1.29, 1.82) is 0 Å². The van der Waals surface area contributed by atoms with Crippen molar-refractivity contribution in [3.05, 3.63) is 29.8 Å². The lowest BCUT2D eigenvalue weighted by atomic mass is 10.2. The monoisotopic (exact) mass is 364 g/mol. The molecular formula is C18H24N2O4S. The first kappa shape index (κ1) is 19.3. The quantitative estimate of drug-likeness (QED) is 0.599. The van der Waals surface area contributed by atoms with Crippen molar-refractivity contribution >= 4 is 29.7 Å². The highest BCUT2D eigenvalue weighted by molar-refractivity contribution is 8.00. The van der Waals surface area contributed by atoms with Crippen LogP contribution in [0.4, 0.5) is 4.79 Å². The highest BCUT2D eigenvalue weighted by atomic mass is 32.2. The molecule has 25 heavy (non-hydrogen) atoms. The number of thioether (sulfide) groups is 1. The molecule has 2 N–H and O–H groups in total. The number of aryl methyl sites for hydroxylation is 1. The fourth-order valence-corrected chi connectivity index (χ4v) is 3.46. The Morgan fingerprint density at radius 3 is 2.60 bits per heavy atom. The second kappa shape index (κ2) is 9.46. The van der Waals surface area contributed by atoms with Gasteiger partial charge in [-0.1, -0.05) is 31.0 Å². The number of rotatable bonds is 6. The van der Waals surface area contributed by atoms with E-state index in [2.05, 4.69) is 10.6 Å². The summed E-state index contributed by atoms with van der Waals surface area (Å²) in [6.45, 7) is 3.42. The fraction of sp³-hybridized carbons (Fsp3) is 0.500. The van der Waals surface area contributed by atoms with Gasteiger partial charge in [0.2, 0.25) is 0 Å². The van der Waals surface area contributed by atoms with E-state index in [0.717, 1.165) is 36.1 Å². The number of imide groups is 1. The summed E-state index contributed by atoms with van der Waals surface area (Å²) in [6, 6.07) is 7.31. The van der Waals surface area contributed by atoms with Crippen LogP contribution in [0.5, 0.6) is 0 Å². The van der Waals surface area contributed by atoms with Crippen LogP contribution in [0.2, 0.25) is 0 Å². The van der Waals surface area contributed by atoms with E-state index in [0.29, 0.717) is 0 Å². The Morgan fingerprint density at radius 1 is 1.24 bits per heavy atom. The molecule has 0 unspecified atom stereocenters. The van der Waals surface area contributed by atoms with Crippen LogP contribution in [-0.2, 0) is 14.3 Å². The third-order valence-corrected chi connectivity index (χ3v) is 5.19. The molecule has 1 fully saturated rings. The standard InChI is InChI=1S/C18H24N2O4S/c1-12-7-3-6-10-15(12)25-11-16(21)24-13(2)17(22)20-18(23)19-14-8-4-5-9-14/h3,6-7,10,13-14H,4-5,8-9,11H2,1-2H3,(H2,19,20,22,23)/t13-/m1/s1. The third-order valence-electron chi connectivity index (χ3n) is 4.04. The van der Waals surface area contributed by atoms with Crippen molar-refractivity contribution in [3.8, 4) is 0 Å². The van der Waals surface area contributed by atoms with Crippen molar-refractivity contribution in [1.82, 2.24) is 10.6 Å². The molecular weight excluding hydrogens is 340 g/mol. The second-order valence-corrected chi connectivity index (χ2v) is 7.15. The van der Waals surface area contributed by atoms with E-state index in [4.69, 9.17) is 4.74 Å². The minimum absolute atomic E-state index is 0.108. The molecule has 0 heterocycles. The molecule has 0 radical (unpaired) electrons. The number of benzene rings is 1. The predicted octanol–water partition coefficient (Wildman–Crippen LogP) is 2.79. The van der Waals surface area contributed by atoms with Crippen LogP contribution in [0, 0.1) is 6.92 Å². The predicted molar refractivity (Wildman–Crippen MR) is 96.4 cm³/mol. The number of esters is 1. The minimum atomic E-state index is -1.01. The molecule has 3 amide bonds. The minimum Gasteiger partial charge on any atom is -0.452 e. The molecule has 2 rings (SSSR count). The molecule has 0 bridgehead atoms.